The Morgan fingerprint density at radius 3 is 2.24 bits per heavy atom. The number of hydrogen-bond acceptors (Lipinski definition) is 5. The quantitative estimate of drug-likeness (QED) is 0.340. The lowest BCUT2D eigenvalue weighted by Gasteiger charge is -2.10. The fourth-order valence-corrected chi connectivity index (χ4v) is 5.14. The smallest absolute Gasteiger partial charge is 0.241 e. The zero-order valence-corrected chi connectivity index (χ0v) is 20.5. The van der Waals surface area contributed by atoms with Crippen LogP contribution in [0.3, 0.4) is 0 Å². The van der Waals surface area contributed by atoms with Crippen molar-refractivity contribution in [2.24, 2.45) is 0 Å². The number of anilines is 1. The lowest BCUT2D eigenvalue weighted by Crippen LogP contribution is -2.32. The monoisotopic (exact) mass is 491 g/mol. The van der Waals surface area contributed by atoms with E-state index in [-0.39, 0.29) is 11.4 Å². The van der Waals surface area contributed by atoms with Crippen molar-refractivity contribution in [1.82, 2.24) is 9.71 Å². The number of aromatic nitrogens is 1. The Morgan fingerprint density at radius 2 is 1.59 bits per heavy atom. The Hall–Kier alpha value is -3.33. The summed E-state index contributed by atoms with van der Waals surface area (Å²) >= 11 is 1.58. The van der Waals surface area contributed by atoms with Crippen molar-refractivity contribution in [3.8, 4) is 21.8 Å². The highest BCUT2D eigenvalue weighted by Crippen LogP contribution is 2.29. The molecule has 3 aromatic carbocycles. The summed E-state index contributed by atoms with van der Waals surface area (Å²) in [6.07, 6.45) is 0. The van der Waals surface area contributed by atoms with Gasteiger partial charge < -0.3 is 5.32 Å². The summed E-state index contributed by atoms with van der Waals surface area (Å²) < 4.78 is 27.3. The molecule has 0 saturated carbocycles. The van der Waals surface area contributed by atoms with Gasteiger partial charge in [-0.3, -0.25) is 4.79 Å². The maximum atomic E-state index is 12.5. The zero-order chi connectivity index (χ0) is 24.1. The third-order valence-corrected chi connectivity index (χ3v) is 7.58. The first-order valence-corrected chi connectivity index (χ1v) is 13.2. The molecule has 0 saturated heterocycles. The van der Waals surface area contributed by atoms with Crippen LogP contribution in [0.1, 0.15) is 25.3 Å². The van der Waals surface area contributed by atoms with Gasteiger partial charge in [-0.15, -0.1) is 11.3 Å². The number of nitrogens with one attached hydrogen (secondary N) is 2. The maximum absolute atomic E-state index is 12.5. The highest BCUT2D eigenvalue weighted by Gasteiger charge is 2.16. The van der Waals surface area contributed by atoms with Gasteiger partial charge in [0.05, 0.1) is 17.1 Å². The Bertz CT molecular complexity index is 1360. The highest BCUT2D eigenvalue weighted by molar-refractivity contribution is 7.89. The predicted octanol–water partition coefficient (Wildman–Crippen LogP) is 5.52. The number of amides is 1. The molecule has 0 aliphatic rings. The first-order valence-electron chi connectivity index (χ1n) is 10.8. The standard InChI is InChI=1S/C26H25N3O3S2/c1-18(2)19-10-14-23(15-11-19)34(31,32)27-16-25(30)28-22-12-8-20(9-13-22)24-17-33-26(29-24)21-6-4-3-5-7-21/h3-15,17-18,27H,16H2,1-2H3,(H,28,30). The van der Waals surface area contributed by atoms with Crippen LogP contribution in [0.5, 0.6) is 0 Å². The van der Waals surface area contributed by atoms with Crippen LogP contribution in [-0.2, 0) is 14.8 Å². The summed E-state index contributed by atoms with van der Waals surface area (Å²) in [5, 5.41) is 5.66. The zero-order valence-electron chi connectivity index (χ0n) is 18.9. The average Bonchev–Trinajstić information content (AvgIpc) is 3.34. The van der Waals surface area contributed by atoms with E-state index in [1.165, 1.54) is 0 Å². The van der Waals surface area contributed by atoms with Crippen molar-refractivity contribution in [3.05, 3.63) is 89.8 Å². The number of thiazole rings is 1. The average molecular weight is 492 g/mol. The summed E-state index contributed by atoms with van der Waals surface area (Å²) in [5.74, 6) is -0.140. The number of hydrogen-bond donors (Lipinski definition) is 2. The second-order valence-electron chi connectivity index (χ2n) is 8.08. The molecule has 0 spiro atoms. The largest absolute Gasteiger partial charge is 0.325 e. The molecule has 0 aliphatic heterocycles. The highest BCUT2D eigenvalue weighted by atomic mass is 32.2. The molecule has 0 unspecified atom stereocenters. The number of sulfonamides is 1. The molecule has 34 heavy (non-hydrogen) atoms. The fourth-order valence-electron chi connectivity index (χ4n) is 3.32. The van der Waals surface area contributed by atoms with Crippen LogP contribution >= 0.6 is 11.3 Å². The summed E-state index contributed by atoms with van der Waals surface area (Å²) in [6.45, 7) is 3.72. The van der Waals surface area contributed by atoms with Gasteiger partial charge in [0.1, 0.15) is 5.01 Å². The Labute approximate surface area is 203 Å². The predicted molar refractivity (Wildman–Crippen MR) is 137 cm³/mol. The van der Waals surface area contributed by atoms with Gasteiger partial charge >= 0.3 is 0 Å². The minimum absolute atomic E-state index is 0.132. The van der Waals surface area contributed by atoms with Gasteiger partial charge in [0.25, 0.3) is 0 Å². The SMILES string of the molecule is CC(C)c1ccc(S(=O)(=O)NCC(=O)Nc2ccc(-c3csc(-c4ccccc4)n3)cc2)cc1. The Morgan fingerprint density at radius 1 is 0.912 bits per heavy atom. The normalized spacial score (nSPS) is 11.5. The van der Waals surface area contributed by atoms with Crippen LogP contribution in [0.25, 0.3) is 21.8 Å². The summed E-state index contributed by atoms with van der Waals surface area (Å²) in [6, 6.07) is 23.9. The molecule has 174 valence electrons. The van der Waals surface area contributed by atoms with Crippen LogP contribution in [0.2, 0.25) is 0 Å². The third-order valence-electron chi connectivity index (χ3n) is 5.27. The summed E-state index contributed by atoms with van der Waals surface area (Å²) in [5.41, 5.74) is 4.49. The minimum atomic E-state index is -3.77. The first-order chi connectivity index (χ1) is 16.3. The fraction of sp³-hybridized carbons (Fsp3) is 0.154. The molecule has 4 rings (SSSR count). The van der Waals surface area contributed by atoms with Gasteiger partial charge in [-0.25, -0.2) is 18.1 Å². The molecule has 0 atom stereocenters. The van der Waals surface area contributed by atoms with Gasteiger partial charge in [0.15, 0.2) is 0 Å². The molecule has 1 amide bonds. The van der Waals surface area contributed by atoms with Crippen molar-refractivity contribution in [2.75, 3.05) is 11.9 Å². The molecule has 0 bridgehead atoms. The Balaban J connectivity index is 1.34. The number of nitrogens with zero attached hydrogens (tertiary/aromatic N) is 1. The van der Waals surface area contributed by atoms with Gasteiger partial charge in [0.2, 0.25) is 15.9 Å². The molecule has 6 nitrogen and oxygen atoms in total. The van der Waals surface area contributed by atoms with Crippen LogP contribution in [0.4, 0.5) is 5.69 Å². The molecule has 0 aliphatic carbocycles. The number of carbonyl (C=O) groups excluding carboxylic acids is 1. The van der Waals surface area contributed by atoms with E-state index in [4.69, 9.17) is 4.98 Å². The van der Waals surface area contributed by atoms with Gasteiger partial charge in [-0.1, -0.05) is 68.4 Å². The molecule has 0 fully saturated rings. The molecule has 1 heterocycles. The van der Waals surface area contributed by atoms with E-state index in [2.05, 4.69) is 10.0 Å². The lowest BCUT2D eigenvalue weighted by molar-refractivity contribution is -0.115. The van der Waals surface area contributed by atoms with E-state index in [1.54, 1.807) is 47.7 Å². The second kappa shape index (κ2) is 10.3. The van der Waals surface area contributed by atoms with Gasteiger partial charge in [-0.05, 0) is 35.7 Å². The maximum Gasteiger partial charge on any atom is 0.241 e. The van der Waals surface area contributed by atoms with E-state index < -0.39 is 15.9 Å². The van der Waals surface area contributed by atoms with Gasteiger partial charge in [0, 0.05) is 22.2 Å². The molecular weight excluding hydrogens is 466 g/mol. The number of benzene rings is 3. The van der Waals surface area contributed by atoms with Crippen LogP contribution in [0, 0.1) is 0 Å². The molecule has 2 N–H and O–H groups in total. The second-order valence-corrected chi connectivity index (χ2v) is 10.7. The van der Waals surface area contributed by atoms with Crippen molar-refractivity contribution in [1.29, 1.82) is 0 Å². The summed E-state index contributed by atoms with van der Waals surface area (Å²) in [4.78, 5) is 17.1. The topological polar surface area (TPSA) is 88.2 Å². The lowest BCUT2D eigenvalue weighted by atomic mass is 10.0. The van der Waals surface area contributed by atoms with Crippen molar-refractivity contribution >= 4 is 33.0 Å². The van der Waals surface area contributed by atoms with E-state index in [1.807, 2.05) is 61.7 Å². The van der Waals surface area contributed by atoms with E-state index in [0.717, 1.165) is 27.4 Å². The van der Waals surface area contributed by atoms with Crippen LogP contribution < -0.4 is 10.0 Å². The summed E-state index contributed by atoms with van der Waals surface area (Å²) in [7, 11) is -3.77. The van der Waals surface area contributed by atoms with Crippen molar-refractivity contribution in [3.63, 3.8) is 0 Å². The molecule has 4 aromatic rings. The van der Waals surface area contributed by atoms with Crippen molar-refractivity contribution in [2.45, 2.75) is 24.7 Å². The van der Waals surface area contributed by atoms with E-state index >= 15 is 0 Å². The molecule has 0 radical (unpaired) electrons. The Kier molecular flexibility index (Phi) is 7.21. The van der Waals surface area contributed by atoms with Crippen LogP contribution in [0.15, 0.2) is 89.1 Å². The minimum Gasteiger partial charge on any atom is -0.325 e. The molecule has 8 heteroatoms. The number of rotatable bonds is 8. The van der Waals surface area contributed by atoms with Crippen molar-refractivity contribution < 1.29 is 13.2 Å². The van der Waals surface area contributed by atoms with Gasteiger partial charge in [-0.2, -0.15) is 0 Å². The van der Waals surface area contributed by atoms with E-state index in [9.17, 15) is 13.2 Å². The molecule has 1 aromatic heterocycles. The third kappa shape index (κ3) is 5.77. The number of carbonyl (C=O) groups is 1. The van der Waals surface area contributed by atoms with Crippen LogP contribution in [-0.4, -0.2) is 25.9 Å². The van der Waals surface area contributed by atoms with E-state index in [0.29, 0.717) is 11.6 Å². The molecular formula is C26H25N3O3S2. The first kappa shape index (κ1) is 23.8.